The van der Waals surface area contributed by atoms with Crippen molar-refractivity contribution in [3.05, 3.63) is 35.5 Å². The molecule has 0 aliphatic heterocycles. The van der Waals surface area contributed by atoms with Gasteiger partial charge in [-0.05, 0) is 31.4 Å². The summed E-state index contributed by atoms with van der Waals surface area (Å²) in [6, 6.07) is 2.86. The van der Waals surface area contributed by atoms with E-state index < -0.39 is 30.4 Å². The van der Waals surface area contributed by atoms with Crippen molar-refractivity contribution < 1.29 is 37.5 Å². The van der Waals surface area contributed by atoms with Crippen molar-refractivity contribution in [3.63, 3.8) is 0 Å². The Balaban J connectivity index is 1.62. The predicted molar refractivity (Wildman–Crippen MR) is 93.7 cm³/mol. The van der Waals surface area contributed by atoms with Gasteiger partial charge in [0.15, 0.2) is 0 Å². The van der Waals surface area contributed by atoms with Gasteiger partial charge >= 0.3 is 12.1 Å². The van der Waals surface area contributed by atoms with E-state index in [0.717, 1.165) is 0 Å². The van der Waals surface area contributed by atoms with Crippen LogP contribution in [0.3, 0.4) is 0 Å². The number of aromatic nitrogens is 3. The van der Waals surface area contributed by atoms with Gasteiger partial charge in [-0.15, -0.1) is 0 Å². The smallest absolute Gasteiger partial charge is 0.392 e. The zero-order valence-corrected chi connectivity index (χ0v) is 15.4. The van der Waals surface area contributed by atoms with Gasteiger partial charge in [-0.25, -0.2) is 9.78 Å². The molecule has 0 aromatic carbocycles. The first-order valence-electron chi connectivity index (χ1n) is 8.93. The average molecular weight is 426 g/mol. The number of aromatic hydroxyl groups is 1. The number of carbonyl (C=O) groups excluding carboxylic acids is 1. The number of hydrogen-bond acceptors (Lipinski definition) is 7. The number of nitrogens with one attached hydrogen (secondary N) is 1. The summed E-state index contributed by atoms with van der Waals surface area (Å²) < 4.78 is 44.0. The van der Waals surface area contributed by atoms with Gasteiger partial charge in [0.25, 0.3) is 0 Å². The number of halogens is 3. The van der Waals surface area contributed by atoms with Crippen LogP contribution in [-0.4, -0.2) is 43.4 Å². The number of aryl methyl sites for hydroxylation is 1. The maximum atomic E-state index is 13.0. The van der Waals surface area contributed by atoms with Gasteiger partial charge in [-0.1, -0.05) is 5.16 Å². The minimum atomic E-state index is -4.47. The number of carboxylic acids is 1. The largest absolute Gasteiger partial charge is 0.506 e. The van der Waals surface area contributed by atoms with Crippen molar-refractivity contribution in [1.82, 2.24) is 20.4 Å². The van der Waals surface area contributed by atoms with Crippen LogP contribution in [0.4, 0.5) is 13.2 Å². The van der Waals surface area contributed by atoms with Gasteiger partial charge in [-0.2, -0.15) is 18.2 Å². The number of aliphatic carboxylic acids is 1. The molecule has 12 heteroatoms. The summed E-state index contributed by atoms with van der Waals surface area (Å²) in [5.74, 6) is -3.51. The number of pyridine rings is 1. The van der Waals surface area contributed by atoms with Gasteiger partial charge in [0.2, 0.25) is 17.6 Å². The normalized spacial score (nSPS) is 17.1. The van der Waals surface area contributed by atoms with E-state index in [9.17, 15) is 33.0 Å². The first-order valence-corrected chi connectivity index (χ1v) is 8.93. The summed E-state index contributed by atoms with van der Waals surface area (Å²) in [5.41, 5.74) is -0.105. The maximum Gasteiger partial charge on any atom is 0.392 e. The predicted octanol–water partition coefficient (Wildman–Crippen LogP) is 2.59. The fraction of sp³-hybridized carbons (Fsp3) is 0.389. The summed E-state index contributed by atoms with van der Waals surface area (Å²) in [7, 11) is 0. The van der Waals surface area contributed by atoms with Crippen molar-refractivity contribution in [1.29, 1.82) is 0 Å². The van der Waals surface area contributed by atoms with E-state index in [2.05, 4.69) is 20.4 Å². The third kappa shape index (κ3) is 5.13. The van der Waals surface area contributed by atoms with Crippen molar-refractivity contribution in [2.75, 3.05) is 0 Å². The summed E-state index contributed by atoms with van der Waals surface area (Å²) >= 11 is 0. The molecule has 2 aromatic heterocycles. The quantitative estimate of drug-likeness (QED) is 0.641. The highest BCUT2D eigenvalue weighted by Gasteiger charge is 2.42. The molecule has 1 aliphatic rings. The zero-order valence-electron chi connectivity index (χ0n) is 15.4. The highest BCUT2D eigenvalue weighted by molar-refractivity contribution is 5.89. The van der Waals surface area contributed by atoms with Crippen LogP contribution in [0.15, 0.2) is 34.1 Å². The fourth-order valence-electron chi connectivity index (χ4n) is 3.01. The molecule has 30 heavy (non-hydrogen) atoms. The molecule has 2 aromatic rings. The number of hydrogen-bond donors (Lipinski definition) is 3. The molecule has 0 fully saturated rings. The zero-order chi connectivity index (χ0) is 21.9. The number of rotatable bonds is 6. The molecule has 3 N–H and O–H groups in total. The number of nitrogens with zero attached hydrogens (tertiary/aromatic N) is 3. The second kappa shape index (κ2) is 8.51. The third-order valence-corrected chi connectivity index (χ3v) is 4.58. The summed E-state index contributed by atoms with van der Waals surface area (Å²) in [6.45, 7) is 0. The Morgan fingerprint density at radius 1 is 1.30 bits per heavy atom. The Bertz CT molecular complexity index is 969. The molecule has 0 radical (unpaired) electrons. The lowest BCUT2D eigenvalue weighted by Gasteiger charge is -2.27. The van der Waals surface area contributed by atoms with Crippen LogP contribution in [-0.2, 0) is 16.0 Å². The Morgan fingerprint density at radius 2 is 2.07 bits per heavy atom. The van der Waals surface area contributed by atoms with Crippen LogP contribution in [0.1, 0.15) is 31.6 Å². The second-order valence-corrected chi connectivity index (χ2v) is 6.71. The Morgan fingerprint density at radius 3 is 2.70 bits per heavy atom. The molecule has 160 valence electrons. The molecule has 0 spiro atoms. The van der Waals surface area contributed by atoms with Crippen LogP contribution in [0, 0.1) is 5.92 Å². The van der Waals surface area contributed by atoms with E-state index in [-0.39, 0.29) is 54.4 Å². The second-order valence-electron chi connectivity index (χ2n) is 6.71. The Labute approximate surface area is 167 Å². The van der Waals surface area contributed by atoms with Gasteiger partial charge in [0.1, 0.15) is 11.4 Å². The lowest BCUT2D eigenvalue weighted by Crippen LogP contribution is -2.34. The molecule has 3 rings (SSSR count). The van der Waals surface area contributed by atoms with E-state index in [1.165, 1.54) is 18.3 Å². The molecule has 2 heterocycles. The lowest BCUT2D eigenvalue weighted by atomic mass is 9.86. The number of carboxylic acid groups (broad SMARTS) is 1. The van der Waals surface area contributed by atoms with E-state index in [4.69, 9.17) is 4.52 Å². The number of carbonyl (C=O) groups is 2. The molecule has 1 amide bonds. The van der Waals surface area contributed by atoms with Gasteiger partial charge in [0.05, 0.1) is 17.7 Å². The van der Waals surface area contributed by atoms with Gasteiger partial charge in [0, 0.05) is 18.5 Å². The minimum Gasteiger partial charge on any atom is -0.506 e. The number of amides is 1. The fourth-order valence-corrected chi connectivity index (χ4v) is 3.01. The molecule has 0 bridgehead atoms. The van der Waals surface area contributed by atoms with Crippen molar-refractivity contribution in [3.8, 4) is 17.3 Å². The first kappa shape index (κ1) is 21.3. The monoisotopic (exact) mass is 426 g/mol. The van der Waals surface area contributed by atoms with Crippen LogP contribution >= 0.6 is 0 Å². The average Bonchev–Trinajstić information content (AvgIpc) is 3.15. The van der Waals surface area contributed by atoms with Crippen LogP contribution in [0.5, 0.6) is 5.75 Å². The van der Waals surface area contributed by atoms with E-state index in [1.807, 2.05) is 0 Å². The lowest BCUT2D eigenvalue weighted by molar-refractivity contribution is -0.178. The number of alkyl halides is 3. The topological polar surface area (TPSA) is 138 Å². The molecule has 9 nitrogen and oxygen atoms in total. The Hall–Kier alpha value is -3.44. The molecule has 1 atom stereocenters. The van der Waals surface area contributed by atoms with Crippen LogP contribution in [0.2, 0.25) is 0 Å². The first-order chi connectivity index (χ1) is 14.1. The van der Waals surface area contributed by atoms with Crippen molar-refractivity contribution in [2.24, 2.45) is 5.92 Å². The third-order valence-electron chi connectivity index (χ3n) is 4.58. The van der Waals surface area contributed by atoms with Gasteiger partial charge < -0.3 is 20.1 Å². The SMILES string of the molecule is O=C(CCc1nc(-c2ccc(O)cn2)no1)NC1=C(C(=O)O)CCC(C(F)(F)F)C1. The molecule has 0 saturated heterocycles. The molecular weight excluding hydrogens is 409 g/mol. The maximum absolute atomic E-state index is 13.0. The van der Waals surface area contributed by atoms with Gasteiger partial charge in [-0.3, -0.25) is 4.79 Å². The summed E-state index contributed by atoms with van der Waals surface area (Å²) in [4.78, 5) is 31.4. The summed E-state index contributed by atoms with van der Waals surface area (Å²) in [5, 5.41) is 24.4. The van der Waals surface area contributed by atoms with Crippen LogP contribution < -0.4 is 5.32 Å². The van der Waals surface area contributed by atoms with Crippen LogP contribution in [0.25, 0.3) is 11.5 Å². The van der Waals surface area contributed by atoms with E-state index in [1.54, 1.807) is 0 Å². The van der Waals surface area contributed by atoms with E-state index in [0.29, 0.717) is 5.69 Å². The highest BCUT2D eigenvalue weighted by atomic mass is 19.4. The van der Waals surface area contributed by atoms with Crippen molar-refractivity contribution >= 4 is 11.9 Å². The highest BCUT2D eigenvalue weighted by Crippen LogP contribution is 2.39. The minimum absolute atomic E-state index is 0.00466. The molecule has 1 aliphatic carbocycles. The molecule has 1 unspecified atom stereocenters. The molecular formula is C18H17F3N4O5. The molecule has 0 saturated carbocycles. The number of allylic oxidation sites excluding steroid dienone is 1. The standard InChI is InChI=1S/C18H17F3N4O5/c19-18(20,21)9-1-3-11(17(28)29)13(7-9)23-14(27)5-6-15-24-16(25-30-15)12-4-2-10(26)8-22-12/h2,4,8-9,26H,1,3,5-7H2,(H,23,27)(H,28,29). The Kier molecular flexibility index (Phi) is 6.04. The van der Waals surface area contributed by atoms with Crippen molar-refractivity contribution in [2.45, 2.75) is 38.3 Å². The summed E-state index contributed by atoms with van der Waals surface area (Å²) in [6.07, 6.45) is -4.67. The van der Waals surface area contributed by atoms with E-state index >= 15 is 0 Å².